The lowest BCUT2D eigenvalue weighted by Gasteiger charge is -2.15. The molecular weight excluding hydrogens is 192 g/mol. The molecule has 0 amide bonds. The zero-order valence-electron chi connectivity index (χ0n) is 9.03. The number of aromatic nitrogens is 1. The van der Waals surface area contributed by atoms with E-state index >= 15 is 0 Å². The van der Waals surface area contributed by atoms with Gasteiger partial charge in [0.25, 0.3) is 0 Å². The Kier molecular flexibility index (Phi) is 4.26. The molecule has 2 nitrogen and oxygen atoms in total. The fraction of sp³-hybridized carbons (Fsp3) is 0.545. The molecule has 0 bridgehead atoms. The number of nitrogens with zero attached hydrogens (tertiary/aromatic N) is 1. The zero-order valence-corrected chi connectivity index (χ0v) is 9.84. The van der Waals surface area contributed by atoms with Gasteiger partial charge in [0.15, 0.2) is 0 Å². The van der Waals surface area contributed by atoms with E-state index in [-0.39, 0.29) is 0 Å². The van der Waals surface area contributed by atoms with Gasteiger partial charge in [-0.3, -0.25) is 0 Å². The van der Waals surface area contributed by atoms with Crippen molar-refractivity contribution in [2.45, 2.75) is 31.8 Å². The van der Waals surface area contributed by atoms with Gasteiger partial charge in [0.05, 0.1) is 0 Å². The van der Waals surface area contributed by atoms with E-state index in [0.717, 1.165) is 11.3 Å². The van der Waals surface area contributed by atoms with Crippen molar-refractivity contribution in [3.05, 3.63) is 23.9 Å². The molecule has 78 valence electrons. The van der Waals surface area contributed by atoms with Crippen LogP contribution in [0.1, 0.15) is 26.3 Å². The Morgan fingerprint density at radius 3 is 2.71 bits per heavy atom. The largest absolute Gasteiger partial charge is 0.383 e. The standard InChI is InChI=1S/C11H18N2S/c1-8(2)9(3)14-7-10-5-4-6-13-11(10)12/h4-6,8-9H,7H2,1-3H3,(H2,12,13). The number of anilines is 1. The van der Waals surface area contributed by atoms with Crippen molar-refractivity contribution in [3.8, 4) is 0 Å². The van der Waals surface area contributed by atoms with Crippen molar-refractivity contribution >= 4 is 17.6 Å². The summed E-state index contributed by atoms with van der Waals surface area (Å²) in [7, 11) is 0. The Morgan fingerprint density at radius 2 is 2.14 bits per heavy atom. The van der Waals surface area contributed by atoms with E-state index in [4.69, 9.17) is 5.73 Å². The molecule has 1 aromatic rings. The summed E-state index contributed by atoms with van der Waals surface area (Å²) in [6.45, 7) is 6.73. The van der Waals surface area contributed by atoms with Crippen LogP contribution in [0.15, 0.2) is 18.3 Å². The van der Waals surface area contributed by atoms with Gasteiger partial charge in [-0.1, -0.05) is 26.8 Å². The number of thioether (sulfide) groups is 1. The fourth-order valence-electron chi connectivity index (χ4n) is 0.987. The molecule has 2 N–H and O–H groups in total. The van der Waals surface area contributed by atoms with Gasteiger partial charge in [-0.25, -0.2) is 4.98 Å². The van der Waals surface area contributed by atoms with E-state index < -0.39 is 0 Å². The third-order valence-corrected chi connectivity index (χ3v) is 3.91. The van der Waals surface area contributed by atoms with Crippen LogP contribution in [0, 0.1) is 5.92 Å². The molecule has 1 heterocycles. The second-order valence-electron chi connectivity index (χ2n) is 3.81. The maximum Gasteiger partial charge on any atom is 0.127 e. The molecule has 0 saturated heterocycles. The van der Waals surface area contributed by atoms with Crippen molar-refractivity contribution in [2.75, 3.05) is 5.73 Å². The van der Waals surface area contributed by atoms with E-state index in [0.29, 0.717) is 17.0 Å². The van der Waals surface area contributed by atoms with Crippen LogP contribution in [-0.2, 0) is 5.75 Å². The molecule has 3 heteroatoms. The van der Waals surface area contributed by atoms with Gasteiger partial charge in [-0.05, 0) is 12.0 Å². The molecule has 1 unspecified atom stereocenters. The average molecular weight is 210 g/mol. The quantitative estimate of drug-likeness (QED) is 0.830. The summed E-state index contributed by atoms with van der Waals surface area (Å²) in [6, 6.07) is 3.98. The van der Waals surface area contributed by atoms with Gasteiger partial charge in [-0.15, -0.1) is 0 Å². The minimum Gasteiger partial charge on any atom is -0.383 e. The highest BCUT2D eigenvalue weighted by atomic mass is 32.2. The van der Waals surface area contributed by atoms with Gasteiger partial charge < -0.3 is 5.73 Å². The number of hydrogen-bond donors (Lipinski definition) is 1. The molecule has 1 aromatic heterocycles. The Bertz CT molecular complexity index is 286. The first-order chi connectivity index (χ1) is 6.61. The third kappa shape index (κ3) is 3.22. The Balaban J connectivity index is 2.50. The van der Waals surface area contributed by atoms with Gasteiger partial charge >= 0.3 is 0 Å². The number of hydrogen-bond acceptors (Lipinski definition) is 3. The molecule has 0 fully saturated rings. The van der Waals surface area contributed by atoms with Gasteiger partial charge in [0, 0.05) is 22.8 Å². The summed E-state index contributed by atoms with van der Waals surface area (Å²) in [5, 5.41) is 0.662. The van der Waals surface area contributed by atoms with E-state index in [9.17, 15) is 0 Å². The predicted octanol–water partition coefficient (Wildman–Crippen LogP) is 2.94. The third-order valence-electron chi connectivity index (χ3n) is 2.37. The highest BCUT2D eigenvalue weighted by Crippen LogP contribution is 2.24. The lowest BCUT2D eigenvalue weighted by atomic mass is 10.2. The van der Waals surface area contributed by atoms with Gasteiger partial charge in [0.1, 0.15) is 5.82 Å². The molecule has 0 spiro atoms. The van der Waals surface area contributed by atoms with E-state index in [2.05, 4.69) is 25.8 Å². The minimum absolute atomic E-state index is 0.662. The normalized spacial score (nSPS) is 13.1. The van der Waals surface area contributed by atoms with Crippen molar-refractivity contribution in [2.24, 2.45) is 5.92 Å². The molecule has 0 radical (unpaired) electrons. The molecule has 0 saturated carbocycles. The highest BCUT2D eigenvalue weighted by molar-refractivity contribution is 7.99. The molecule has 1 atom stereocenters. The van der Waals surface area contributed by atoms with E-state index in [1.807, 2.05) is 23.9 Å². The molecular formula is C11H18N2S. The van der Waals surface area contributed by atoms with Gasteiger partial charge in [0.2, 0.25) is 0 Å². The monoisotopic (exact) mass is 210 g/mol. The molecule has 1 rings (SSSR count). The molecule has 0 aliphatic carbocycles. The summed E-state index contributed by atoms with van der Waals surface area (Å²) in [5.74, 6) is 2.33. The lowest BCUT2D eigenvalue weighted by Crippen LogP contribution is -2.06. The number of nitrogens with two attached hydrogens (primary N) is 1. The maximum atomic E-state index is 5.76. The first-order valence-electron chi connectivity index (χ1n) is 4.92. The smallest absolute Gasteiger partial charge is 0.127 e. The molecule has 0 aliphatic heterocycles. The molecule has 0 aromatic carbocycles. The molecule has 14 heavy (non-hydrogen) atoms. The van der Waals surface area contributed by atoms with E-state index in [1.54, 1.807) is 6.20 Å². The summed E-state index contributed by atoms with van der Waals surface area (Å²) >= 11 is 1.93. The van der Waals surface area contributed by atoms with Crippen LogP contribution in [0.3, 0.4) is 0 Å². The van der Waals surface area contributed by atoms with Crippen molar-refractivity contribution < 1.29 is 0 Å². The van der Waals surface area contributed by atoms with Crippen molar-refractivity contribution in [1.29, 1.82) is 0 Å². The number of rotatable bonds is 4. The number of nitrogen functional groups attached to an aromatic ring is 1. The van der Waals surface area contributed by atoms with E-state index in [1.165, 1.54) is 0 Å². The summed E-state index contributed by atoms with van der Waals surface area (Å²) in [5.41, 5.74) is 6.90. The van der Waals surface area contributed by atoms with Crippen LogP contribution < -0.4 is 5.73 Å². The first kappa shape index (κ1) is 11.4. The summed E-state index contributed by atoms with van der Waals surface area (Å²) in [4.78, 5) is 4.07. The topological polar surface area (TPSA) is 38.9 Å². The fourth-order valence-corrected chi connectivity index (χ4v) is 2.06. The van der Waals surface area contributed by atoms with Crippen LogP contribution >= 0.6 is 11.8 Å². The predicted molar refractivity (Wildman–Crippen MR) is 64.2 cm³/mol. The minimum atomic E-state index is 0.662. The summed E-state index contributed by atoms with van der Waals surface area (Å²) in [6.07, 6.45) is 1.73. The van der Waals surface area contributed by atoms with Crippen LogP contribution in [0.2, 0.25) is 0 Å². The second kappa shape index (κ2) is 5.25. The van der Waals surface area contributed by atoms with Crippen LogP contribution in [0.5, 0.6) is 0 Å². The van der Waals surface area contributed by atoms with Crippen LogP contribution in [-0.4, -0.2) is 10.2 Å². The first-order valence-corrected chi connectivity index (χ1v) is 5.97. The van der Waals surface area contributed by atoms with Crippen LogP contribution in [0.25, 0.3) is 0 Å². The maximum absolute atomic E-state index is 5.76. The van der Waals surface area contributed by atoms with Crippen molar-refractivity contribution in [1.82, 2.24) is 4.98 Å². The average Bonchev–Trinajstić information content (AvgIpc) is 2.16. The number of pyridine rings is 1. The SMILES string of the molecule is CC(C)C(C)SCc1cccnc1N. The molecule has 0 aliphatic rings. The lowest BCUT2D eigenvalue weighted by molar-refractivity contribution is 0.642. The van der Waals surface area contributed by atoms with Gasteiger partial charge in [-0.2, -0.15) is 11.8 Å². The Labute approximate surface area is 90.3 Å². The zero-order chi connectivity index (χ0) is 10.6. The van der Waals surface area contributed by atoms with Crippen molar-refractivity contribution in [3.63, 3.8) is 0 Å². The summed E-state index contributed by atoms with van der Waals surface area (Å²) < 4.78 is 0. The second-order valence-corrected chi connectivity index (χ2v) is 5.17. The Morgan fingerprint density at radius 1 is 1.43 bits per heavy atom. The highest BCUT2D eigenvalue weighted by Gasteiger charge is 2.08. The Hall–Kier alpha value is -0.700. The van der Waals surface area contributed by atoms with Crippen LogP contribution in [0.4, 0.5) is 5.82 Å².